The number of benzene rings is 1. The molecule has 1 aromatic carbocycles. The zero-order chi connectivity index (χ0) is 14.8. The van der Waals surface area contributed by atoms with Crippen LogP contribution in [0, 0.1) is 0 Å². The third-order valence-corrected chi connectivity index (χ3v) is 6.64. The van der Waals surface area contributed by atoms with Crippen LogP contribution >= 0.6 is 23.2 Å². The second-order valence-electron chi connectivity index (χ2n) is 5.21. The summed E-state index contributed by atoms with van der Waals surface area (Å²) in [7, 11) is -3.41. The molecule has 0 spiro atoms. The molecule has 0 amide bonds. The topological polar surface area (TPSA) is 46.2 Å². The fraction of sp³-hybridized carbons (Fsp3) is 0.571. The van der Waals surface area contributed by atoms with E-state index < -0.39 is 9.84 Å². The molecule has 0 radical (unpaired) electrons. The minimum atomic E-state index is -3.41. The van der Waals surface area contributed by atoms with Crippen LogP contribution in [0.5, 0.6) is 0 Å². The molecule has 1 saturated carbocycles. The molecule has 0 aromatic heterocycles. The highest BCUT2D eigenvalue weighted by Gasteiger charge is 2.36. The Hall–Kier alpha value is -0.290. The van der Waals surface area contributed by atoms with E-state index in [1.54, 1.807) is 12.1 Å². The van der Waals surface area contributed by atoms with Crippen molar-refractivity contribution in [3.63, 3.8) is 0 Å². The number of hydrogen-bond donors (Lipinski definition) is 1. The van der Waals surface area contributed by atoms with Gasteiger partial charge in [0.15, 0.2) is 9.84 Å². The van der Waals surface area contributed by atoms with E-state index in [0.717, 1.165) is 19.4 Å². The first-order valence-corrected chi connectivity index (χ1v) is 9.17. The van der Waals surface area contributed by atoms with Crippen LogP contribution in [0.1, 0.15) is 32.6 Å². The summed E-state index contributed by atoms with van der Waals surface area (Å²) in [4.78, 5) is 0.160. The molecule has 0 bridgehead atoms. The maximum atomic E-state index is 12.7. The Kier molecular flexibility index (Phi) is 5.35. The van der Waals surface area contributed by atoms with Crippen LogP contribution in [0.15, 0.2) is 23.1 Å². The van der Waals surface area contributed by atoms with Gasteiger partial charge < -0.3 is 5.32 Å². The normalized spacial score (nSPS) is 23.1. The lowest BCUT2D eigenvalue weighted by atomic mass is 10.2. The Morgan fingerprint density at radius 1 is 1.30 bits per heavy atom. The van der Waals surface area contributed by atoms with Crippen LogP contribution in [-0.2, 0) is 9.84 Å². The first kappa shape index (κ1) is 16.1. The highest BCUT2D eigenvalue weighted by molar-refractivity contribution is 7.92. The van der Waals surface area contributed by atoms with Gasteiger partial charge in [-0.25, -0.2) is 8.42 Å². The molecular formula is C14H19Cl2NO2S. The van der Waals surface area contributed by atoms with Crippen LogP contribution in [0.2, 0.25) is 10.0 Å². The lowest BCUT2D eigenvalue weighted by molar-refractivity contribution is 0.520. The summed E-state index contributed by atoms with van der Waals surface area (Å²) in [5.41, 5.74) is 0. The molecule has 1 aliphatic rings. The minimum Gasteiger partial charge on any atom is -0.314 e. The van der Waals surface area contributed by atoms with Crippen LogP contribution in [0.25, 0.3) is 0 Å². The molecule has 0 heterocycles. The van der Waals surface area contributed by atoms with Gasteiger partial charge in [0, 0.05) is 11.1 Å². The van der Waals surface area contributed by atoms with Crippen molar-refractivity contribution in [2.24, 2.45) is 0 Å². The van der Waals surface area contributed by atoms with Crippen molar-refractivity contribution in [2.45, 2.75) is 48.8 Å². The van der Waals surface area contributed by atoms with Crippen LogP contribution < -0.4 is 5.32 Å². The number of hydrogen-bond acceptors (Lipinski definition) is 3. The number of sulfone groups is 1. The molecule has 1 aliphatic carbocycles. The standard InChI is InChI=1S/C14H19Cl2NO2S/c1-2-7-17-11-4-5-12(9-11)20(18,19)14-8-10(15)3-6-13(14)16/h3,6,8,11-12,17H,2,4-5,7,9H2,1H3. The molecule has 1 N–H and O–H groups in total. The first-order chi connectivity index (χ1) is 9.45. The third-order valence-electron chi connectivity index (χ3n) is 3.71. The Balaban J connectivity index is 2.17. The van der Waals surface area contributed by atoms with E-state index >= 15 is 0 Å². The molecule has 2 unspecified atom stereocenters. The van der Waals surface area contributed by atoms with Gasteiger partial charge in [-0.3, -0.25) is 0 Å². The zero-order valence-electron chi connectivity index (χ0n) is 11.4. The summed E-state index contributed by atoms with van der Waals surface area (Å²) in [5, 5.41) is 3.66. The fourth-order valence-electron chi connectivity index (χ4n) is 2.63. The van der Waals surface area contributed by atoms with E-state index in [2.05, 4.69) is 12.2 Å². The van der Waals surface area contributed by atoms with E-state index in [-0.39, 0.29) is 21.2 Å². The van der Waals surface area contributed by atoms with Crippen LogP contribution in [0.3, 0.4) is 0 Å². The van der Waals surface area contributed by atoms with Crippen molar-refractivity contribution in [1.29, 1.82) is 0 Å². The summed E-state index contributed by atoms with van der Waals surface area (Å²) >= 11 is 11.9. The lowest BCUT2D eigenvalue weighted by Crippen LogP contribution is -2.29. The highest BCUT2D eigenvalue weighted by atomic mass is 35.5. The van der Waals surface area contributed by atoms with Gasteiger partial charge in [-0.15, -0.1) is 0 Å². The second kappa shape index (κ2) is 6.65. The van der Waals surface area contributed by atoms with Crippen LogP contribution in [-0.4, -0.2) is 26.3 Å². The Labute approximate surface area is 130 Å². The number of halogens is 2. The molecule has 0 aliphatic heterocycles. The lowest BCUT2D eigenvalue weighted by Gasteiger charge is -2.14. The van der Waals surface area contributed by atoms with Gasteiger partial charge in [0.2, 0.25) is 0 Å². The average Bonchev–Trinajstić information content (AvgIpc) is 2.88. The average molecular weight is 336 g/mol. The van der Waals surface area contributed by atoms with Gasteiger partial charge in [-0.2, -0.15) is 0 Å². The van der Waals surface area contributed by atoms with E-state index in [0.29, 0.717) is 17.9 Å². The molecule has 2 atom stereocenters. The predicted molar refractivity (Wildman–Crippen MR) is 83.4 cm³/mol. The van der Waals surface area contributed by atoms with Crippen molar-refractivity contribution in [3.05, 3.63) is 28.2 Å². The van der Waals surface area contributed by atoms with Crippen molar-refractivity contribution >= 4 is 33.0 Å². The molecular weight excluding hydrogens is 317 g/mol. The molecule has 20 heavy (non-hydrogen) atoms. The molecule has 3 nitrogen and oxygen atoms in total. The summed E-state index contributed by atoms with van der Waals surface area (Å²) in [6.45, 7) is 3.03. The van der Waals surface area contributed by atoms with Gasteiger partial charge >= 0.3 is 0 Å². The zero-order valence-corrected chi connectivity index (χ0v) is 13.7. The maximum Gasteiger partial charge on any atom is 0.182 e. The van der Waals surface area contributed by atoms with Gasteiger partial charge in [-0.05, 0) is 50.4 Å². The van der Waals surface area contributed by atoms with E-state index in [4.69, 9.17) is 23.2 Å². The quantitative estimate of drug-likeness (QED) is 0.892. The molecule has 6 heteroatoms. The van der Waals surface area contributed by atoms with E-state index in [9.17, 15) is 8.42 Å². The Morgan fingerprint density at radius 3 is 2.75 bits per heavy atom. The Morgan fingerprint density at radius 2 is 2.05 bits per heavy atom. The van der Waals surface area contributed by atoms with Gasteiger partial charge in [0.1, 0.15) is 0 Å². The van der Waals surface area contributed by atoms with Gasteiger partial charge in [0.25, 0.3) is 0 Å². The summed E-state index contributed by atoms with van der Waals surface area (Å²) in [6, 6.07) is 4.88. The highest BCUT2D eigenvalue weighted by Crippen LogP contribution is 2.34. The van der Waals surface area contributed by atoms with Gasteiger partial charge in [-0.1, -0.05) is 30.1 Å². The maximum absolute atomic E-state index is 12.7. The smallest absolute Gasteiger partial charge is 0.182 e. The minimum absolute atomic E-state index is 0.160. The van der Waals surface area contributed by atoms with Crippen molar-refractivity contribution in [3.8, 4) is 0 Å². The summed E-state index contributed by atoms with van der Waals surface area (Å²) < 4.78 is 25.3. The largest absolute Gasteiger partial charge is 0.314 e. The Bertz CT molecular complexity index is 575. The van der Waals surface area contributed by atoms with Crippen molar-refractivity contribution < 1.29 is 8.42 Å². The van der Waals surface area contributed by atoms with E-state index in [1.165, 1.54) is 6.07 Å². The van der Waals surface area contributed by atoms with Crippen LogP contribution in [0.4, 0.5) is 0 Å². The predicted octanol–water partition coefficient (Wildman–Crippen LogP) is 3.69. The second-order valence-corrected chi connectivity index (χ2v) is 8.25. The summed E-state index contributed by atoms with van der Waals surface area (Å²) in [6.07, 6.45) is 3.26. The van der Waals surface area contributed by atoms with Crippen molar-refractivity contribution in [2.75, 3.05) is 6.54 Å². The SMILES string of the molecule is CCCNC1CCC(S(=O)(=O)c2cc(Cl)ccc2Cl)C1. The number of nitrogens with one attached hydrogen (secondary N) is 1. The fourth-order valence-corrected chi connectivity index (χ4v) is 5.23. The third kappa shape index (κ3) is 3.48. The first-order valence-electron chi connectivity index (χ1n) is 6.87. The van der Waals surface area contributed by atoms with Crippen molar-refractivity contribution in [1.82, 2.24) is 5.32 Å². The molecule has 1 fully saturated rings. The molecule has 0 saturated heterocycles. The monoisotopic (exact) mass is 335 g/mol. The molecule has 1 aromatic rings. The van der Waals surface area contributed by atoms with E-state index in [1.807, 2.05) is 0 Å². The molecule has 112 valence electrons. The number of rotatable bonds is 5. The molecule has 2 rings (SSSR count). The summed E-state index contributed by atoms with van der Waals surface area (Å²) in [5.74, 6) is 0. The van der Waals surface area contributed by atoms with Gasteiger partial charge in [0.05, 0.1) is 15.2 Å².